The van der Waals surface area contributed by atoms with Gasteiger partial charge in [0.15, 0.2) is 14.2 Å². The predicted octanol–water partition coefficient (Wildman–Crippen LogP) is 11.4. The van der Waals surface area contributed by atoms with Gasteiger partial charge >= 0.3 is 0 Å². The largest absolute Gasteiger partial charge is 0.311 e. The molecule has 0 amide bonds. The molecule has 7 heteroatoms. The van der Waals surface area contributed by atoms with Crippen LogP contribution in [-0.4, -0.2) is 27.0 Å². The first kappa shape index (κ1) is 36.5. The maximum Gasteiger partial charge on any atom is 0.184 e. The van der Waals surface area contributed by atoms with E-state index in [0.717, 1.165) is 66.3 Å². The zero-order valence-electron chi connectivity index (χ0n) is 34.6. The standard InChI is InChI=1S/C57H38FN5Si/c58-56(38-27-29-43-44-22-10-11-23-48(44)61-33-32-60-57(61)47(43)34-38)39-28-30-45-46-36-52-54(37-51(46)63(50(45)35-39)55-26-14-15-31-59-55)64(41-18-6-2-7-19-41,42-20-8-3-9-21-42)53-25-13-12-24-49(53)62(52)40-16-4-1-5-17-40/h1-37,56H. The highest BCUT2D eigenvalue weighted by Crippen LogP contribution is 2.43. The number of aromatic nitrogens is 4. The summed E-state index contributed by atoms with van der Waals surface area (Å²) in [7, 11) is -3.01. The van der Waals surface area contributed by atoms with Gasteiger partial charge in [-0.2, -0.15) is 0 Å². The minimum atomic E-state index is -3.01. The van der Waals surface area contributed by atoms with Gasteiger partial charge in [0.1, 0.15) is 11.5 Å². The smallest absolute Gasteiger partial charge is 0.184 e. The molecule has 0 saturated carbocycles. The second-order valence-corrected chi connectivity index (χ2v) is 20.4. The molecule has 0 aliphatic carbocycles. The highest BCUT2D eigenvalue weighted by molar-refractivity contribution is 7.21. The van der Waals surface area contributed by atoms with Gasteiger partial charge in [-0.15, -0.1) is 0 Å². The van der Waals surface area contributed by atoms with Crippen LogP contribution in [0.5, 0.6) is 0 Å². The van der Waals surface area contributed by atoms with Gasteiger partial charge in [0.05, 0.1) is 16.6 Å². The third-order valence-corrected chi connectivity index (χ3v) is 18.2. The molecule has 1 aliphatic heterocycles. The molecule has 1 unspecified atom stereocenters. The molecule has 0 spiro atoms. The topological polar surface area (TPSA) is 38.4 Å². The van der Waals surface area contributed by atoms with E-state index in [9.17, 15) is 0 Å². The van der Waals surface area contributed by atoms with E-state index < -0.39 is 14.2 Å². The van der Waals surface area contributed by atoms with Gasteiger partial charge in [-0.25, -0.2) is 14.4 Å². The number of imidazole rings is 1. The first-order valence-electron chi connectivity index (χ1n) is 21.7. The molecule has 4 aromatic heterocycles. The van der Waals surface area contributed by atoms with E-state index in [2.05, 4.69) is 159 Å². The van der Waals surface area contributed by atoms with E-state index in [1.165, 1.54) is 26.4 Å². The molecule has 0 saturated heterocycles. The highest BCUT2D eigenvalue weighted by atomic mass is 28.3. The van der Waals surface area contributed by atoms with Gasteiger partial charge in [-0.05, 0) is 97.9 Å². The number of pyridine rings is 2. The number of halogens is 1. The lowest BCUT2D eigenvalue weighted by molar-refractivity contribution is 0.402. The Morgan fingerprint density at radius 1 is 0.438 bits per heavy atom. The fraction of sp³-hybridized carbons (Fsp3) is 0.0175. The van der Waals surface area contributed by atoms with Gasteiger partial charge in [-0.3, -0.25) is 8.97 Å². The van der Waals surface area contributed by atoms with Crippen LogP contribution < -0.4 is 25.6 Å². The zero-order valence-corrected chi connectivity index (χ0v) is 35.6. The summed E-state index contributed by atoms with van der Waals surface area (Å²) in [5, 5.41) is 10.4. The number of benzene rings is 8. The molecule has 64 heavy (non-hydrogen) atoms. The number of alkyl halides is 1. The molecule has 0 radical (unpaired) electrons. The van der Waals surface area contributed by atoms with E-state index in [-0.39, 0.29) is 0 Å². The van der Waals surface area contributed by atoms with Crippen molar-refractivity contribution in [2.45, 2.75) is 6.17 Å². The first-order chi connectivity index (χ1) is 31.7. The maximum absolute atomic E-state index is 17.4. The highest BCUT2D eigenvalue weighted by Gasteiger charge is 2.49. The lowest BCUT2D eigenvalue weighted by atomic mass is 9.97. The molecule has 0 fully saturated rings. The SMILES string of the molecule is FC(c1ccc2c3ccccc3n3ccnc3c2c1)c1ccc2c3cc4c(cc3n(-c3ccccn3)c2c1)[Si](c1ccccc1)(c1ccccc1)c1ccccc1N4c1ccccc1. The molecular formula is C57H38FN5Si. The monoisotopic (exact) mass is 839 g/mol. The quantitative estimate of drug-likeness (QED) is 0.124. The Morgan fingerprint density at radius 3 is 1.84 bits per heavy atom. The lowest BCUT2D eigenvalue weighted by Crippen LogP contribution is -2.77. The third kappa shape index (κ3) is 5.22. The molecule has 302 valence electrons. The van der Waals surface area contributed by atoms with E-state index in [0.29, 0.717) is 11.1 Å². The molecule has 5 nitrogen and oxygen atoms in total. The van der Waals surface area contributed by atoms with Gasteiger partial charge in [0.2, 0.25) is 0 Å². The van der Waals surface area contributed by atoms with Crippen molar-refractivity contribution in [1.29, 1.82) is 0 Å². The molecule has 13 rings (SSSR count). The Hall–Kier alpha value is -8.13. The van der Waals surface area contributed by atoms with Crippen molar-refractivity contribution in [3.05, 3.63) is 236 Å². The van der Waals surface area contributed by atoms with E-state index in [4.69, 9.17) is 9.97 Å². The summed E-state index contributed by atoms with van der Waals surface area (Å²) in [6.07, 6.45) is 4.23. The van der Waals surface area contributed by atoms with Crippen molar-refractivity contribution < 1.29 is 4.39 Å². The molecular weight excluding hydrogens is 802 g/mol. The van der Waals surface area contributed by atoms with Crippen molar-refractivity contribution in [1.82, 2.24) is 18.9 Å². The van der Waals surface area contributed by atoms with Crippen molar-refractivity contribution >= 4 is 95.0 Å². The van der Waals surface area contributed by atoms with Crippen molar-refractivity contribution in [3.8, 4) is 5.82 Å². The Kier molecular flexibility index (Phi) is 8.10. The molecule has 0 bridgehead atoms. The Balaban J connectivity index is 1.10. The van der Waals surface area contributed by atoms with Crippen LogP contribution in [0.2, 0.25) is 0 Å². The number of rotatable bonds is 6. The van der Waals surface area contributed by atoms with Crippen molar-refractivity contribution in [2.24, 2.45) is 0 Å². The molecule has 1 aliphatic rings. The summed E-state index contributed by atoms with van der Waals surface area (Å²) in [5.74, 6) is 0.775. The predicted molar refractivity (Wildman–Crippen MR) is 264 cm³/mol. The van der Waals surface area contributed by atoms with E-state index in [1.54, 1.807) is 0 Å². The molecule has 5 heterocycles. The third-order valence-electron chi connectivity index (χ3n) is 13.4. The number of hydrogen-bond acceptors (Lipinski definition) is 3. The first-order valence-corrected chi connectivity index (χ1v) is 23.7. The fourth-order valence-corrected chi connectivity index (χ4v) is 15.8. The Bertz CT molecular complexity index is 3720. The van der Waals surface area contributed by atoms with E-state index in [1.807, 2.05) is 79.3 Å². The van der Waals surface area contributed by atoms with E-state index >= 15 is 4.39 Å². The molecule has 12 aromatic rings. The molecule has 8 aromatic carbocycles. The van der Waals surface area contributed by atoms with Crippen LogP contribution in [0.15, 0.2) is 225 Å². The normalized spacial score (nSPS) is 13.7. The minimum Gasteiger partial charge on any atom is -0.311 e. The number of para-hydroxylation sites is 3. The number of anilines is 3. The van der Waals surface area contributed by atoms with Crippen LogP contribution in [0.3, 0.4) is 0 Å². The van der Waals surface area contributed by atoms with Crippen LogP contribution in [0.4, 0.5) is 21.5 Å². The molecule has 0 N–H and O–H groups in total. The summed E-state index contributed by atoms with van der Waals surface area (Å²) in [4.78, 5) is 12.1. The van der Waals surface area contributed by atoms with Gasteiger partial charge < -0.3 is 4.90 Å². The van der Waals surface area contributed by atoms with Crippen LogP contribution in [0.25, 0.3) is 54.9 Å². The van der Waals surface area contributed by atoms with Crippen LogP contribution >= 0.6 is 0 Å². The van der Waals surface area contributed by atoms with Gasteiger partial charge in [-0.1, -0.05) is 146 Å². The molecule has 1 atom stereocenters. The maximum atomic E-state index is 17.4. The average molecular weight is 840 g/mol. The number of fused-ring (bicyclic) bond motifs is 11. The lowest BCUT2D eigenvalue weighted by Gasteiger charge is -2.45. The van der Waals surface area contributed by atoms with Crippen LogP contribution in [0, 0.1) is 0 Å². The van der Waals surface area contributed by atoms with Crippen molar-refractivity contribution in [2.75, 3.05) is 4.90 Å². The zero-order chi connectivity index (χ0) is 42.4. The summed E-state index contributed by atoms with van der Waals surface area (Å²) in [6.45, 7) is 0. The Labute approximate surface area is 369 Å². The Morgan fingerprint density at radius 2 is 1.08 bits per heavy atom. The second kappa shape index (κ2) is 14.2. The number of nitrogens with zero attached hydrogens (tertiary/aromatic N) is 5. The summed E-state index contributed by atoms with van der Waals surface area (Å²) in [5.41, 5.74) is 8.37. The summed E-state index contributed by atoms with van der Waals surface area (Å²) >= 11 is 0. The average Bonchev–Trinajstić information content (AvgIpc) is 3.99. The number of hydrogen-bond donors (Lipinski definition) is 0. The van der Waals surface area contributed by atoms with Gasteiger partial charge in [0, 0.05) is 57.2 Å². The van der Waals surface area contributed by atoms with Crippen molar-refractivity contribution in [3.63, 3.8) is 0 Å². The fourth-order valence-electron chi connectivity index (χ4n) is 10.7. The minimum absolute atomic E-state index is 0.576. The second-order valence-electron chi connectivity index (χ2n) is 16.7. The van der Waals surface area contributed by atoms with Gasteiger partial charge in [0.25, 0.3) is 0 Å². The van der Waals surface area contributed by atoms with Crippen LogP contribution in [-0.2, 0) is 0 Å². The summed E-state index contributed by atoms with van der Waals surface area (Å²) in [6, 6.07) is 73.1. The summed E-state index contributed by atoms with van der Waals surface area (Å²) < 4.78 is 21.7. The van der Waals surface area contributed by atoms with Crippen LogP contribution in [0.1, 0.15) is 17.3 Å².